The molecule has 1 aromatic rings. The molecule has 0 spiro atoms. The Morgan fingerprint density at radius 2 is 1.88 bits per heavy atom. The van der Waals surface area contributed by atoms with Crippen molar-refractivity contribution in [2.75, 3.05) is 20.8 Å². The molecule has 0 aromatic heterocycles. The predicted molar refractivity (Wildman–Crippen MR) is 103 cm³/mol. The van der Waals surface area contributed by atoms with Crippen LogP contribution in [0.1, 0.15) is 25.8 Å². The largest absolute Gasteiger partial charge is 0.494 e. The highest BCUT2D eigenvalue weighted by Gasteiger charge is 2.41. The van der Waals surface area contributed by atoms with Gasteiger partial charge in [0.05, 0.1) is 18.3 Å². The molecule has 0 bridgehead atoms. The summed E-state index contributed by atoms with van der Waals surface area (Å²) >= 11 is 0. The number of hydrogen-bond donors (Lipinski definition) is 1. The second kappa shape index (κ2) is 7.89. The van der Waals surface area contributed by atoms with Crippen molar-refractivity contribution in [1.82, 2.24) is 10.2 Å². The van der Waals surface area contributed by atoms with Gasteiger partial charge >= 0.3 is 0 Å². The van der Waals surface area contributed by atoms with Gasteiger partial charge in [0, 0.05) is 14.2 Å². The quantitative estimate of drug-likeness (QED) is 0.569. The van der Waals surface area contributed by atoms with E-state index in [-0.39, 0.29) is 17.6 Å². The summed E-state index contributed by atoms with van der Waals surface area (Å²) in [4.78, 5) is 14.1. The molecule has 1 aliphatic rings. The molecule has 0 radical (unpaired) electrons. The number of carbonyl (C=O) groups is 1. The minimum Gasteiger partial charge on any atom is -0.494 e. The van der Waals surface area contributed by atoms with Gasteiger partial charge in [0.15, 0.2) is 8.32 Å². The van der Waals surface area contributed by atoms with Gasteiger partial charge < -0.3 is 14.1 Å². The van der Waals surface area contributed by atoms with E-state index < -0.39 is 8.32 Å². The summed E-state index contributed by atoms with van der Waals surface area (Å²) in [6, 6.07) is 9.01. The molecule has 0 saturated carbocycles. The number of carbonyl (C=O) groups excluding carboxylic acids is 1. The van der Waals surface area contributed by atoms with Crippen LogP contribution in [0.25, 0.3) is 0 Å². The Hall–Kier alpha value is -1.37. The zero-order valence-corrected chi connectivity index (χ0v) is 17.4. The van der Waals surface area contributed by atoms with Crippen LogP contribution in [0.2, 0.25) is 19.1 Å². The Labute approximate surface area is 152 Å². The minimum atomic E-state index is -1.49. The van der Waals surface area contributed by atoms with Gasteiger partial charge in [-0.2, -0.15) is 0 Å². The zero-order chi connectivity index (χ0) is 18.7. The highest BCUT2D eigenvalue weighted by Crippen LogP contribution is 2.22. The van der Waals surface area contributed by atoms with Crippen LogP contribution < -0.4 is 10.1 Å². The molecule has 1 saturated heterocycles. The lowest BCUT2D eigenvalue weighted by atomic mass is 10.1. The van der Waals surface area contributed by atoms with Gasteiger partial charge in [-0.05, 0) is 63.5 Å². The highest BCUT2D eigenvalue weighted by molar-refractivity contribution is 6.71. The van der Waals surface area contributed by atoms with Crippen LogP contribution in [0.3, 0.4) is 0 Å². The molecule has 1 N–H and O–H groups in total. The van der Waals surface area contributed by atoms with Crippen LogP contribution >= 0.6 is 0 Å². The smallest absolute Gasteiger partial charge is 0.241 e. The average Bonchev–Trinajstić information content (AvgIpc) is 2.76. The fraction of sp³-hybridized carbons (Fsp3) is 0.632. The van der Waals surface area contributed by atoms with E-state index in [9.17, 15) is 4.79 Å². The summed E-state index contributed by atoms with van der Waals surface area (Å²) in [6.45, 7) is 9.20. The third-order valence-corrected chi connectivity index (χ3v) is 7.77. The van der Waals surface area contributed by atoms with Gasteiger partial charge in [-0.3, -0.25) is 10.1 Å². The Bertz CT molecular complexity index is 587. The first kappa shape index (κ1) is 19.9. The summed E-state index contributed by atoms with van der Waals surface area (Å²) in [5.41, 5.74) is 0.849. The molecule has 5 nitrogen and oxygen atoms in total. The number of likely N-dealkylation sites (N-methyl/N-ethyl adjacent to an activating group) is 1. The van der Waals surface area contributed by atoms with E-state index in [1.165, 1.54) is 0 Å². The zero-order valence-electron chi connectivity index (χ0n) is 16.4. The van der Waals surface area contributed by atoms with Crippen LogP contribution in [-0.2, 0) is 15.6 Å². The van der Waals surface area contributed by atoms with E-state index in [1.54, 1.807) is 12.0 Å². The number of amides is 1. The first-order valence-electron chi connectivity index (χ1n) is 8.97. The number of ether oxygens (including phenoxy) is 1. The van der Waals surface area contributed by atoms with Gasteiger partial charge in [-0.15, -0.1) is 0 Å². The van der Waals surface area contributed by atoms with Crippen LogP contribution in [0.15, 0.2) is 24.3 Å². The van der Waals surface area contributed by atoms with E-state index in [4.69, 9.17) is 9.16 Å². The fourth-order valence-electron chi connectivity index (χ4n) is 2.98. The standard InChI is InChI=1S/C19H32N2O3Si/c1-19(2)20-17(18(22)21(19)3)14-15-8-10-16(11-9-15)24-12-7-13-25(5,6)23-4/h8-11,17,20H,7,12-14H2,1-6H3/t17-/m0/s1. The molecule has 6 heteroatoms. The molecule has 1 aliphatic heterocycles. The van der Waals surface area contributed by atoms with Crippen molar-refractivity contribution in [3.8, 4) is 5.75 Å². The molecule has 1 atom stereocenters. The lowest BCUT2D eigenvalue weighted by Crippen LogP contribution is -2.45. The van der Waals surface area contributed by atoms with E-state index in [2.05, 4.69) is 18.4 Å². The molecule has 0 aliphatic carbocycles. The summed E-state index contributed by atoms with van der Waals surface area (Å²) in [7, 11) is 2.16. The van der Waals surface area contributed by atoms with Crippen molar-refractivity contribution < 1.29 is 14.0 Å². The van der Waals surface area contributed by atoms with Crippen molar-refractivity contribution in [3.05, 3.63) is 29.8 Å². The monoisotopic (exact) mass is 364 g/mol. The summed E-state index contributed by atoms with van der Waals surface area (Å²) in [6.07, 6.45) is 1.71. The fourth-order valence-corrected chi connectivity index (χ4v) is 4.18. The molecule has 1 amide bonds. The van der Waals surface area contributed by atoms with Gasteiger partial charge in [0.1, 0.15) is 5.75 Å². The maximum atomic E-state index is 12.3. The molecule has 25 heavy (non-hydrogen) atoms. The van der Waals surface area contributed by atoms with E-state index >= 15 is 0 Å². The van der Waals surface area contributed by atoms with Gasteiger partial charge in [0.2, 0.25) is 5.91 Å². The Balaban J connectivity index is 1.81. The number of nitrogens with zero attached hydrogens (tertiary/aromatic N) is 1. The summed E-state index contributed by atoms with van der Waals surface area (Å²) < 4.78 is 11.4. The second-order valence-corrected chi connectivity index (χ2v) is 12.3. The topological polar surface area (TPSA) is 50.8 Å². The third kappa shape index (κ3) is 5.30. The molecule has 1 fully saturated rings. The molecule has 2 rings (SSSR count). The summed E-state index contributed by atoms with van der Waals surface area (Å²) in [5, 5.41) is 3.39. The van der Waals surface area contributed by atoms with E-state index in [0.717, 1.165) is 23.8 Å². The molecular weight excluding hydrogens is 332 g/mol. The Kier molecular flexibility index (Phi) is 6.29. The van der Waals surface area contributed by atoms with Crippen LogP contribution in [0.4, 0.5) is 0 Å². The van der Waals surface area contributed by atoms with Gasteiger partial charge in [-0.1, -0.05) is 12.1 Å². The Morgan fingerprint density at radius 3 is 2.40 bits per heavy atom. The van der Waals surface area contributed by atoms with Gasteiger partial charge in [0.25, 0.3) is 0 Å². The maximum absolute atomic E-state index is 12.3. The summed E-state index contributed by atoms with van der Waals surface area (Å²) in [5.74, 6) is 1.03. The van der Waals surface area contributed by atoms with E-state index in [0.29, 0.717) is 13.0 Å². The van der Waals surface area contributed by atoms with Crippen LogP contribution in [0, 0.1) is 0 Å². The number of rotatable bonds is 8. The normalized spacial score (nSPS) is 20.2. The second-order valence-electron chi connectivity index (χ2n) is 7.92. The molecule has 1 heterocycles. The van der Waals surface area contributed by atoms with Crippen molar-refractivity contribution in [1.29, 1.82) is 0 Å². The first-order valence-corrected chi connectivity index (χ1v) is 12.1. The third-order valence-electron chi connectivity index (χ3n) is 5.10. The SMILES string of the molecule is CO[Si](C)(C)CCCOc1ccc(C[C@@H]2NC(C)(C)N(C)C2=O)cc1. The molecule has 140 valence electrons. The lowest BCUT2D eigenvalue weighted by Gasteiger charge is -2.27. The molecular formula is C19H32N2O3Si. The number of nitrogens with one attached hydrogen (secondary N) is 1. The highest BCUT2D eigenvalue weighted by atomic mass is 28.4. The predicted octanol–water partition coefficient (Wildman–Crippen LogP) is 3.02. The minimum absolute atomic E-state index is 0.148. The van der Waals surface area contributed by atoms with Crippen LogP contribution in [-0.4, -0.2) is 51.6 Å². The number of benzene rings is 1. The van der Waals surface area contributed by atoms with Crippen molar-refractivity contribution in [2.24, 2.45) is 0 Å². The maximum Gasteiger partial charge on any atom is 0.241 e. The Morgan fingerprint density at radius 1 is 1.24 bits per heavy atom. The van der Waals surface area contributed by atoms with Crippen molar-refractivity contribution in [2.45, 2.75) is 57.5 Å². The lowest BCUT2D eigenvalue weighted by molar-refractivity contribution is -0.129. The van der Waals surface area contributed by atoms with Crippen LogP contribution in [0.5, 0.6) is 5.75 Å². The first-order chi connectivity index (χ1) is 11.6. The number of hydrogen-bond acceptors (Lipinski definition) is 4. The average molecular weight is 365 g/mol. The van der Waals surface area contributed by atoms with Crippen molar-refractivity contribution in [3.63, 3.8) is 0 Å². The van der Waals surface area contributed by atoms with E-state index in [1.807, 2.05) is 45.2 Å². The van der Waals surface area contributed by atoms with Crippen molar-refractivity contribution >= 4 is 14.2 Å². The molecule has 1 aromatic carbocycles. The van der Waals surface area contributed by atoms with Gasteiger partial charge in [-0.25, -0.2) is 0 Å². The molecule has 0 unspecified atom stereocenters.